The van der Waals surface area contributed by atoms with Crippen molar-refractivity contribution in [3.8, 4) is 5.75 Å². The maximum Gasteiger partial charge on any atom is 0.122 e. The Morgan fingerprint density at radius 2 is 1.83 bits per heavy atom. The Morgan fingerprint density at radius 1 is 1.25 bits per heavy atom. The number of rotatable bonds is 1. The monoisotopic (exact) mass is 184 g/mol. The molecule has 2 heteroatoms. The van der Waals surface area contributed by atoms with Gasteiger partial charge in [-0.15, -0.1) is 12.6 Å². The lowest BCUT2D eigenvalue weighted by atomic mass is 10.2. The van der Waals surface area contributed by atoms with E-state index in [1.165, 1.54) is 0 Å². The molecule has 0 atom stereocenters. The highest BCUT2D eigenvalue weighted by molar-refractivity contribution is 7.80. The first kappa shape index (κ1) is 11.4. The Balaban J connectivity index is 0.000000561. The lowest BCUT2D eigenvalue weighted by Gasteiger charge is -2.04. The summed E-state index contributed by atoms with van der Waals surface area (Å²) in [6.45, 7) is 5.99. The summed E-state index contributed by atoms with van der Waals surface area (Å²) in [5.74, 6) is 0.896. The summed E-state index contributed by atoms with van der Waals surface area (Å²) < 4.78 is 5.08. The number of benzene rings is 1. The van der Waals surface area contributed by atoms with Gasteiger partial charge in [0.25, 0.3) is 0 Å². The van der Waals surface area contributed by atoms with E-state index in [1.807, 2.05) is 39.0 Å². The second kappa shape index (κ2) is 5.95. The first-order valence-electron chi connectivity index (χ1n) is 4.08. The normalized spacial score (nSPS) is 8.42. The van der Waals surface area contributed by atoms with Crippen LogP contribution in [0.1, 0.15) is 19.4 Å². The van der Waals surface area contributed by atoms with E-state index in [-0.39, 0.29) is 0 Å². The lowest BCUT2D eigenvalue weighted by Crippen LogP contribution is -1.86. The fourth-order valence-corrected chi connectivity index (χ4v) is 1.02. The fraction of sp³-hybridized carbons (Fsp3) is 0.400. The van der Waals surface area contributed by atoms with E-state index in [1.54, 1.807) is 7.11 Å². The summed E-state index contributed by atoms with van der Waals surface area (Å²) in [6.07, 6.45) is 0. The highest BCUT2D eigenvalue weighted by Gasteiger charge is 1.98. The number of hydrogen-bond donors (Lipinski definition) is 1. The van der Waals surface area contributed by atoms with Crippen LogP contribution >= 0.6 is 12.6 Å². The van der Waals surface area contributed by atoms with Gasteiger partial charge in [-0.2, -0.15) is 0 Å². The van der Waals surface area contributed by atoms with Crippen molar-refractivity contribution in [3.05, 3.63) is 23.8 Å². The quantitative estimate of drug-likeness (QED) is 0.659. The molecular weight excluding hydrogens is 168 g/mol. The molecule has 0 fully saturated rings. The van der Waals surface area contributed by atoms with Crippen molar-refractivity contribution >= 4 is 12.6 Å². The van der Waals surface area contributed by atoms with Crippen molar-refractivity contribution < 1.29 is 4.74 Å². The van der Waals surface area contributed by atoms with Crippen molar-refractivity contribution in [2.45, 2.75) is 25.7 Å². The molecule has 1 nitrogen and oxygen atoms in total. The maximum absolute atomic E-state index is 5.08. The molecule has 0 saturated carbocycles. The molecule has 68 valence electrons. The minimum Gasteiger partial charge on any atom is -0.496 e. The van der Waals surface area contributed by atoms with E-state index >= 15 is 0 Å². The SMILES string of the molecule is CC.COc1cccc(S)c1C. The predicted octanol–water partition coefficient (Wildman–Crippen LogP) is 3.32. The van der Waals surface area contributed by atoms with Crippen molar-refractivity contribution in [1.29, 1.82) is 0 Å². The first-order chi connectivity index (χ1) is 5.75. The van der Waals surface area contributed by atoms with Gasteiger partial charge in [-0.05, 0) is 19.1 Å². The molecule has 0 saturated heterocycles. The Kier molecular flexibility index (Phi) is 5.64. The van der Waals surface area contributed by atoms with Gasteiger partial charge in [0.15, 0.2) is 0 Å². The largest absolute Gasteiger partial charge is 0.496 e. The zero-order valence-electron chi connectivity index (χ0n) is 8.09. The van der Waals surface area contributed by atoms with E-state index < -0.39 is 0 Å². The van der Waals surface area contributed by atoms with E-state index in [2.05, 4.69) is 12.6 Å². The zero-order chi connectivity index (χ0) is 9.56. The fourth-order valence-electron chi connectivity index (χ4n) is 0.824. The van der Waals surface area contributed by atoms with Gasteiger partial charge in [0.2, 0.25) is 0 Å². The van der Waals surface area contributed by atoms with Crippen LogP contribution in [0.4, 0.5) is 0 Å². The molecule has 0 aliphatic carbocycles. The topological polar surface area (TPSA) is 9.23 Å². The predicted molar refractivity (Wildman–Crippen MR) is 56.3 cm³/mol. The Bertz CT molecular complexity index is 233. The van der Waals surface area contributed by atoms with Gasteiger partial charge in [-0.1, -0.05) is 19.9 Å². The van der Waals surface area contributed by atoms with Gasteiger partial charge in [0, 0.05) is 10.5 Å². The van der Waals surface area contributed by atoms with E-state index in [0.717, 1.165) is 16.2 Å². The maximum atomic E-state index is 5.08. The molecular formula is C10H16OS. The summed E-state index contributed by atoms with van der Waals surface area (Å²) in [5.41, 5.74) is 1.09. The molecule has 0 unspecified atom stereocenters. The molecule has 0 spiro atoms. The molecule has 0 aliphatic rings. The van der Waals surface area contributed by atoms with Crippen molar-refractivity contribution in [2.24, 2.45) is 0 Å². The van der Waals surface area contributed by atoms with E-state index in [4.69, 9.17) is 4.74 Å². The second-order valence-electron chi connectivity index (χ2n) is 2.10. The average molecular weight is 184 g/mol. The Morgan fingerprint density at radius 3 is 2.25 bits per heavy atom. The van der Waals surface area contributed by atoms with Gasteiger partial charge < -0.3 is 4.74 Å². The molecule has 0 heterocycles. The summed E-state index contributed by atoms with van der Waals surface area (Å²) >= 11 is 4.24. The number of hydrogen-bond acceptors (Lipinski definition) is 2. The van der Waals surface area contributed by atoms with Gasteiger partial charge >= 0.3 is 0 Å². The van der Waals surface area contributed by atoms with Crippen molar-refractivity contribution in [1.82, 2.24) is 0 Å². The van der Waals surface area contributed by atoms with Crippen LogP contribution < -0.4 is 4.74 Å². The standard InChI is InChI=1S/C8H10OS.C2H6/c1-6-7(9-2)4-3-5-8(6)10;1-2/h3-5,10H,1-2H3;1-2H3. The average Bonchev–Trinajstić information content (AvgIpc) is 2.13. The third kappa shape index (κ3) is 2.78. The number of methoxy groups -OCH3 is 1. The highest BCUT2D eigenvalue weighted by Crippen LogP contribution is 2.22. The van der Waals surface area contributed by atoms with Crippen LogP contribution in [0.25, 0.3) is 0 Å². The summed E-state index contributed by atoms with van der Waals surface area (Å²) in [6, 6.07) is 5.80. The molecule has 0 bridgehead atoms. The molecule has 0 aliphatic heterocycles. The highest BCUT2D eigenvalue weighted by atomic mass is 32.1. The molecule has 1 aromatic rings. The summed E-state index contributed by atoms with van der Waals surface area (Å²) in [5, 5.41) is 0. The van der Waals surface area contributed by atoms with Crippen LogP contribution in [0, 0.1) is 6.92 Å². The van der Waals surface area contributed by atoms with Crippen LogP contribution in [-0.4, -0.2) is 7.11 Å². The van der Waals surface area contributed by atoms with Gasteiger partial charge in [0.05, 0.1) is 7.11 Å². The van der Waals surface area contributed by atoms with Crippen LogP contribution in [-0.2, 0) is 0 Å². The Labute approximate surface area is 80.2 Å². The first-order valence-corrected chi connectivity index (χ1v) is 4.53. The Hall–Kier alpha value is -0.630. The van der Waals surface area contributed by atoms with E-state index in [9.17, 15) is 0 Å². The molecule has 1 rings (SSSR count). The summed E-state index contributed by atoms with van der Waals surface area (Å²) in [4.78, 5) is 0.972. The van der Waals surface area contributed by atoms with Gasteiger partial charge in [-0.3, -0.25) is 0 Å². The minimum absolute atomic E-state index is 0.896. The van der Waals surface area contributed by atoms with Gasteiger partial charge in [-0.25, -0.2) is 0 Å². The summed E-state index contributed by atoms with van der Waals surface area (Å²) in [7, 11) is 1.66. The minimum atomic E-state index is 0.896. The molecule has 0 N–H and O–H groups in total. The van der Waals surface area contributed by atoms with Crippen LogP contribution in [0.5, 0.6) is 5.75 Å². The zero-order valence-corrected chi connectivity index (χ0v) is 8.98. The molecule has 0 radical (unpaired) electrons. The van der Waals surface area contributed by atoms with Crippen molar-refractivity contribution in [3.63, 3.8) is 0 Å². The molecule has 1 aromatic carbocycles. The lowest BCUT2D eigenvalue weighted by molar-refractivity contribution is 0.410. The van der Waals surface area contributed by atoms with Crippen LogP contribution in [0.3, 0.4) is 0 Å². The third-order valence-electron chi connectivity index (χ3n) is 1.48. The van der Waals surface area contributed by atoms with Crippen LogP contribution in [0.2, 0.25) is 0 Å². The number of thiol groups is 1. The van der Waals surface area contributed by atoms with Crippen LogP contribution in [0.15, 0.2) is 23.1 Å². The van der Waals surface area contributed by atoms with Crippen molar-refractivity contribution in [2.75, 3.05) is 7.11 Å². The van der Waals surface area contributed by atoms with E-state index in [0.29, 0.717) is 0 Å². The van der Waals surface area contributed by atoms with Gasteiger partial charge in [0.1, 0.15) is 5.75 Å². The number of ether oxygens (including phenoxy) is 1. The third-order valence-corrected chi connectivity index (χ3v) is 1.96. The molecule has 12 heavy (non-hydrogen) atoms. The molecule has 0 aromatic heterocycles. The molecule has 0 amide bonds. The smallest absolute Gasteiger partial charge is 0.122 e. The second-order valence-corrected chi connectivity index (χ2v) is 2.59.